The van der Waals surface area contributed by atoms with E-state index < -0.39 is 9.84 Å². The molecule has 0 radical (unpaired) electrons. The second-order valence-electron chi connectivity index (χ2n) is 5.85. The first-order valence-corrected chi connectivity index (χ1v) is 9.07. The molecule has 1 saturated heterocycles. The maximum absolute atomic E-state index is 11.8. The molecule has 1 atom stereocenters. The Hall–Kier alpha value is -1.11. The van der Waals surface area contributed by atoms with Crippen LogP contribution in [0.3, 0.4) is 0 Å². The Morgan fingerprint density at radius 2 is 1.70 bits per heavy atom. The molecule has 2 fully saturated rings. The molecule has 1 aliphatic carbocycles. The van der Waals surface area contributed by atoms with Gasteiger partial charge in [0.15, 0.2) is 9.84 Å². The molecule has 0 aromatic rings. The predicted octanol–water partition coefficient (Wildman–Crippen LogP) is 0.539. The molecule has 1 aliphatic heterocycles. The van der Waals surface area contributed by atoms with Crippen molar-refractivity contribution in [2.75, 3.05) is 11.5 Å². The Balaban J connectivity index is 1.68. The maximum atomic E-state index is 11.8. The van der Waals surface area contributed by atoms with Crippen molar-refractivity contribution in [1.82, 2.24) is 10.9 Å². The van der Waals surface area contributed by atoms with Crippen LogP contribution in [0.25, 0.3) is 0 Å². The van der Waals surface area contributed by atoms with E-state index in [0.29, 0.717) is 6.42 Å². The molecular weight excluding hydrogens is 280 g/mol. The van der Waals surface area contributed by atoms with Crippen LogP contribution in [0, 0.1) is 11.8 Å². The largest absolute Gasteiger partial charge is 0.273 e. The Kier molecular flexibility index (Phi) is 5.01. The van der Waals surface area contributed by atoms with E-state index in [1.165, 1.54) is 6.42 Å². The number of carbonyl (C=O) groups excluding carboxylic acids is 2. The van der Waals surface area contributed by atoms with E-state index in [-0.39, 0.29) is 41.6 Å². The van der Waals surface area contributed by atoms with Crippen molar-refractivity contribution in [1.29, 1.82) is 0 Å². The smallest absolute Gasteiger partial charge is 0.241 e. The zero-order valence-electron chi connectivity index (χ0n) is 11.6. The lowest BCUT2D eigenvalue weighted by molar-refractivity contribution is -0.132. The quantitative estimate of drug-likeness (QED) is 0.744. The van der Waals surface area contributed by atoms with Gasteiger partial charge in [-0.3, -0.25) is 20.4 Å². The molecule has 1 unspecified atom stereocenters. The van der Waals surface area contributed by atoms with Crippen LogP contribution >= 0.6 is 0 Å². The standard InChI is InChI=1S/C13H22N2O4S/c16-12(8-10-6-7-20(18,19)9-10)14-15-13(17)11-4-2-1-3-5-11/h10-11H,1-9H2,(H,14,16)(H,15,17). The highest BCUT2D eigenvalue weighted by molar-refractivity contribution is 7.91. The van der Waals surface area contributed by atoms with Gasteiger partial charge in [0.05, 0.1) is 11.5 Å². The highest BCUT2D eigenvalue weighted by Gasteiger charge is 2.29. The molecule has 1 heterocycles. The highest BCUT2D eigenvalue weighted by atomic mass is 32.2. The van der Waals surface area contributed by atoms with Gasteiger partial charge >= 0.3 is 0 Å². The van der Waals surface area contributed by atoms with Gasteiger partial charge in [0, 0.05) is 12.3 Å². The minimum absolute atomic E-state index is 0.00379. The fourth-order valence-electron chi connectivity index (χ4n) is 2.94. The third-order valence-corrected chi connectivity index (χ3v) is 5.94. The minimum atomic E-state index is -2.96. The summed E-state index contributed by atoms with van der Waals surface area (Å²) in [6.07, 6.45) is 5.74. The molecule has 20 heavy (non-hydrogen) atoms. The first-order chi connectivity index (χ1) is 9.46. The third kappa shape index (κ3) is 4.47. The lowest BCUT2D eigenvalue weighted by Gasteiger charge is -2.21. The van der Waals surface area contributed by atoms with Crippen molar-refractivity contribution in [2.45, 2.75) is 44.9 Å². The molecule has 1 saturated carbocycles. The Bertz CT molecular complexity index is 469. The Morgan fingerprint density at radius 1 is 1.00 bits per heavy atom. The molecule has 0 spiro atoms. The van der Waals surface area contributed by atoms with Crippen molar-refractivity contribution in [2.24, 2.45) is 11.8 Å². The van der Waals surface area contributed by atoms with Gasteiger partial charge in [-0.25, -0.2) is 8.42 Å². The van der Waals surface area contributed by atoms with Gasteiger partial charge in [-0.15, -0.1) is 0 Å². The average molecular weight is 302 g/mol. The number of hydrazine groups is 1. The van der Waals surface area contributed by atoms with Crippen molar-refractivity contribution in [3.8, 4) is 0 Å². The Labute approximate surface area is 119 Å². The maximum Gasteiger partial charge on any atom is 0.241 e. The zero-order chi connectivity index (χ0) is 14.6. The second kappa shape index (κ2) is 6.56. The zero-order valence-corrected chi connectivity index (χ0v) is 12.4. The van der Waals surface area contributed by atoms with Crippen molar-refractivity contribution >= 4 is 21.7 Å². The number of nitrogens with one attached hydrogen (secondary N) is 2. The molecule has 0 aromatic carbocycles. The summed E-state index contributed by atoms with van der Waals surface area (Å²) in [5, 5.41) is 0. The summed E-state index contributed by atoms with van der Waals surface area (Å²) in [7, 11) is -2.96. The normalized spacial score (nSPS) is 26.1. The van der Waals surface area contributed by atoms with Gasteiger partial charge in [-0.1, -0.05) is 19.3 Å². The summed E-state index contributed by atoms with van der Waals surface area (Å²) in [5.74, 6) is -0.313. The van der Waals surface area contributed by atoms with E-state index in [1.54, 1.807) is 0 Å². The molecule has 0 aromatic heterocycles. The monoisotopic (exact) mass is 302 g/mol. The van der Waals surface area contributed by atoms with Crippen LogP contribution in [0.1, 0.15) is 44.9 Å². The van der Waals surface area contributed by atoms with Crippen LogP contribution in [0.2, 0.25) is 0 Å². The van der Waals surface area contributed by atoms with E-state index in [9.17, 15) is 18.0 Å². The molecule has 2 aliphatic rings. The summed E-state index contributed by atoms with van der Waals surface area (Å²) in [6.45, 7) is 0. The first kappa shape index (κ1) is 15.3. The van der Waals surface area contributed by atoms with Gasteiger partial charge < -0.3 is 0 Å². The summed E-state index contributed by atoms with van der Waals surface area (Å²) in [6, 6.07) is 0. The predicted molar refractivity (Wildman–Crippen MR) is 74.2 cm³/mol. The Morgan fingerprint density at radius 3 is 2.30 bits per heavy atom. The van der Waals surface area contributed by atoms with E-state index in [1.807, 2.05) is 0 Å². The molecule has 2 N–H and O–H groups in total. The first-order valence-electron chi connectivity index (χ1n) is 7.25. The minimum Gasteiger partial charge on any atom is -0.273 e. The van der Waals surface area contributed by atoms with Crippen molar-refractivity contribution in [3.05, 3.63) is 0 Å². The van der Waals surface area contributed by atoms with E-state index in [4.69, 9.17) is 0 Å². The number of rotatable bonds is 3. The SMILES string of the molecule is O=C(CC1CCS(=O)(=O)C1)NNC(=O)C1CCCCC1. The van der Waals surface area contributed by atoms with Crippen LogP contribution in [0.4, 0.5) is 0 Å². The molecule has 2 amide bonds. The fourth-order valence-corrected chi connectivity index (χ4v) is 4.81. The molecule has 0 bridgehead atoms. The highest BCUT2D eigenvalue weighted by Crippen LogP contribution is 2.23. The number of amides is 2. The van der Waals surface area contributed by atoms with Gasteiger partial charge in [0.25, 0.3) is 0 Å². The third-order valence-electron chi connectivity index (χ3n) is 4.10. The lowest BCUT2D eigenvalue weighted by atomic mass is 9.89. The van der Waals surface area contributed by atoms with Gasteiger partial charge in [0.1, 0.15) is 0 Å². The lowest BCUT2D eigenvalue weighted by Crippen LogP contribution is -2.45. The fraction of sp³-hybridized carbons (Fsp3) is 0.846. The van der Waals surface area contributed by atoms with Gasteiger partial charge in [0.2, 0.25) is 11.8 Å². The van der Waals surface area contributed by atoms with Crippen LogP contribution < -0.4 is 10.9 Å². The second-order valence-corrected chi connectivity index (χ2v) is 8.07. The van der Waals surface area contributed by atoms with E-state index >= 15 is 0 Å². The van der Waals surface area contributed by atoms with Gasteiger partial charge in [-0.05, 0) is 25.2 Å². The number of carbonyl (C=O) groups is 2. The van der Waals surface area contributed by atoms with Crippen LogP contribution in [0.15, 0.2) is 0 Å². The van der Waals surface area contributed by atoms with Crippen LogP contribution in [-0.2, 0) is 19.4 Å². The number of hydrogen-bond acceptors (Lipinski definition) is 4. The number of sulfone groups is 1. The average Bonchev–Trinajstić information content (AvgIpc) is 2.76. The van der Waals surface area contributed by atoms with E-state index in [0.717, 1.165) is 25.7 Å². The summed E-state index contributed by atoms with van der Waals surface area (Å²) in [4.78, 5) is 23.5. The number of hydrogen-bond donors (Lipinski definition) is 2. The van der Waals surface area contributed by atoms with Gasteiger partial charge in [-0.2, -0.15) is 0 Å². The van der Waals surface area contributed by atoms with Crippen LogP contribution in [0.5, 0.6) is 0 Å². The molecule has 6 nitrogen and oxygen atoms in total. The molecular formula is C13H22N2O4S. The summed E-state index contributed by atoms with van der Waals surface area (Å²) >= 11 is 0. The molecule has 7 heteroatoms. The van der Waals surface area contributed by atoms with E-state index in [2.05, 4.69) is 10.9 Å². The summed E-state index contributed by atoms with van der Waals surface area (Å²) < 4.78 is 22.6. The molecule has 2 rings (SSSR count). The molecule has 114 valence electrons. The summed E-state index contributed by atoms with van der Waals surface area (Å²) in [5.41, 5.74) is 4.86. The van der Waals surface area contributed by atoms with Crippen LogP contribution in [-0.4, -0.2) is 31.7 Å². The van der Waals surface area contributed by atoms with Crippen molar-refractivity contribution in [3.63, 3.8) is 0 Å². The topological polar surface area (TPSA) is 92.3 Å². The van der Waals surface area contributed by atoms with Crippen molar-refractivity contribution < 1.29 is 18.0 Å².